The maximum absolute atomic E-state index is 12.8. The molecule has 1 unspecified atom stereocenters. The average Bonchev–Trinajstić information content (AvgIpc) is 2.73. The number of nitrogens with two attached hydrogens (primary N) is 1. The Morgan fingerprint density at radius 1 is 1.16 bits per heavy atom. The predicted octanol–water partition coefficient (Wildman–Crippen LogP) is 3.95. The molecule has 3 N–H and O–H groups in total. The summed E-state index contributed by atoms with van der Waals surface area (Å²) in [5.41, 5.74) is 9.51. The molecule has 7 nitrogen and oxygen atoms in total. The summed E-state index contributed by atoms with van der Waals surface area (Å²) >= 11 is 0. The second-order valence-corrected chi connectivity index (χ2v) is 8.21. The fraction of sp³-hybridized carbons (Fsp3) is 0.417. The Labute approximate surface area is 184 Å². The van der Waals surface area contributed by atoms with E-state index in [0.29, 0.717) is 31.0 Å². The molecule has 0 saturated heterocycles. The molecule has 0 aliphatic carbocycles. The van der Waals surface area contributed by atoms with Gasteiger partial charge in [0, 0.05) is 38.2 Å². The lowest BCUT2D eigenvalue weighted by Gasteiger charge is -2.40. The van der Waals surface area contributed by atoms with E-state index in [9.17, 15) is 9.59 Å². The number of fused-ring (bicyclic) bond motifs is 1. The minimum absolute atomic E-state index is 0.0404. The molecule has 3 rings (SSSR count). The lowest BCUT2D eigenvalue weighted by molar-refractivity contribution is -0.117. The van der Waals surface area contributed by atoms with Crippen LogP contribution in [0.2, 0.25) is 0 Å². The van der Waals surface area contributed by atoms with Gasteiger partial charge in [-0.25, -0.2) is 4.79 Å². The third-order valence-electron chi connectivity index (χ3n) is 5.42. The Bertz CT molecular complexity index is 916. The van der Waals surface area contributed by atoms with Crippen LogP contribution in [0.1, 0.15) is 39.2 Å². The molecule has 7 heteroatoms. The molecule has 2 aromatic carbocycles. The average molecular weight is 425 g/mol. The van der Waals surface area contributed by atoms with Crippen LogP contribution in [0.15, 0.2) is 48.5 Å². The molecule has 1 heterocycles. The largest absolute Gasteiger partial charge is 0.446 e. The molecular weight excluding hydrogens is 392 g/mol. The zero-order valence-corrected chi connectivity index (χ0v) is 18.7. The Morgan fingerprint density at radius 3 is 2.48 bits per heavy atom. The van der Waals surface area contributed by atoms with E-state index >= 15 is 0 Å². The van der Waals surface area contributed by atoms with E-state index in [0.717, 1.165) is 11.3 Å². The topological polar surface area (TPSA) is 87.9 Å². The molecule has 0 saturated carbocycles. The summed E-state index contributed by atoms with van der Waals surface area (Å²) < 4.78 is 5.47. The van der Waals surface area contributed by atoms with Crippen molar-refractivity contribution in [2.45, 2.75) is 45.8 Å². The van der Waals surface area contributed by atoms with Gasteiger partial charge in [-0.05, 0) is 50.6 Å². The maximum Gasteiger partial charge on any atom is 0.414 e. The molecule has 2 amide bonds. The smallest absolute Gasteiger partial charge is 0.414 e. The van der Waals surface area contributed by atoms with Gasteiger partial charge in [0.1, 0.15) is 0 Å². The zero-order chi connectivity index (χ0) is 22.5. The number of nitrogens with zero attached hydrogens (tertiary/aromatic N) is 2. The number of ether oxygens (including phenoxy) is 1. The highest BCUT2D eigenvalue weighted by molar-refractivity contribution is 6.02. The summed E-state index contributed by atoms with van der Waals surface area (Å²) in [4.78, 5) is 28.5. The van der Waals surface area contributed by atoms with Gasteiger partial charge in [-0.1, -0.05) is 24.3 Å². The second-order valence-electron chi connectivity index (χ2n) is 8.21. The fourth-order valence-electron chi connectivity index (χ4n) is 3.95. The van der Waals surface area contributed by atoms with Gasteiger partial charge < -0.3 is 20.7 Å². The van der Waals surface area contributed by atoms with Crippen LogP contribution in [0.25, 0.3) is 0 Å². The van der Waals surface area contributed by atoms with Gasteiger partial charge in [0.05, 0.1) is 23.5 Å². The molecule has 1 aliphatic heterocycles. The van der Waals surface area contributed by atoms with E-state index in [1.165, 1.54) is 0 Å². The molecule has 2 aromatic rings. The lowest BCUT2D eigenvalue weighted by atomic mass is 9.96. The molecule has 2 atom stereocenters. The van der Waals surface area contributed by atoms with Crippen LogP contribution in [0.3, 0.4) is 0 Å². The van der Waals surface area contributed by atoms with Gasteiger partial charge in [-0.15, -0.1) is 0 Å². The van der Waals surface area contributed by atoms with E-state index in [-0.39, 0.29) is 24.0 Å². The minimum atomic E-state index is -0.407. The number of nitrogens with one attached hydrogen (secondary N) is 1. The Balaban J connectivity index is 1.93. The van der Waals surface area contributed by atoms with Crippen molar-refractivity contribution >= 4 is 29.1 Å². The van der Waals surface area contributed by atoms with Crippen LogP contribution < -0.4 is 20.9 Å². The number of amides is 2. The van der Waals surface area contributed by atoms with Crippen molar-refractivity contribution in [3.63, 3.8) is 0 Å². The SMILES string of the molecule is CC(=O)N1c2ccc(C(CN)CNc3ccccc3)cc2N(C(=O)OC(C)C)C[C@@H]1C. The highest BCUT2D eigenvalue weighted by Gasteiger charge is 2.35. The van der Waals surface area contributed by atoms with Crippen molar-refractivity contribution in [3.8, 4) is 0 Å². The number of hydrogen-bond acceptors (Lipinski definition) is 5. The predicted molar refractivity (Wildman–Crippen MR) is 125 cm³/mol. The third-order valence-corrected chi connectivity index (χ3v) is 5.42. The zero-order valence-electron chi connectivity index (χ0n) is 18.7. The second kappa shape index (κ2) is 9.83. The Kier molecular flexibility index (Phi) is 7.17. The van der Waals surface area contributed by atoms with Crippen molar-refractivity contribution < 1.29 is 14.3 Å². The number of carbonyl (C=O) groups excluding carboxylic acids is 2. The van der Waals surface area contributed by atoms with Crippen molar-refractivity contribution in [3.05, 3.63) is 54.1 Å². The van der Waals surface area contributed by atoms with Gasteiger partial charge in [-0.2, -0.15) is 0 Å². The van der Waals surface area contributed by atoms with Gasteiger partial charge >= 0.3 is 6.09 Å². The molecule has 166 valence electrons. The van der Waals surface area contributed by atoms with Crippen molar-refractivity contribution in [1.29, 1.82) is 0 Å². The van der Waals surface area contributed by atoms with Crippen LogP contribution in [0, 0.1) is 0 Å². The maximum atomic E-state index is 12.8. The number of benzene rings is 2. The van der Waals surface area contributed by atoms with Crippen molar-refractivity contribution in [1.82, 2.24) is 0 Å². The first-order chi connectivity index (χ1) is 14.8. The summed E-state index contributed by atoms with van der Waals surface area (Å²) in [5, 5.41) is 3.42. The van der Waals surface area contributed by atoms with E-state index in [1.807, 2.05) is 69.3 Å². The summed E-state index contributed by atoms with van der Waals surface area (Å²) in [6, 6.07) is 15.7. The molecule has 0 radical (unpaired) electrons. The van der Waals surface area contributed by atoms with Gasteiger partial charge in [0.25, 0.3) is 0 Å². The van der Waals surface area contributed by atoms with Crippen LogP contribution >= 0.6 is 0 Å². The standard InChI is InChI=1S/C24H32N4O3/c1-16(2)31-24(30)27-15-17(3)28(18(4)29)22-11-10-19(12-23(22)27)20(13-25)14-26-21-8-6-5-7-9-21/h5-12,16-17,20,26H,13-15,25H2,1-4H3/t17-,20?/m0/s1. The van der Waals surface area contributed by atoms with E-state index in [2.05, 4.69) is 5.32 Å². The van der Waals surface area contributed by atoms with E-state index in [1.54, 1.807) is 16.7 Å². The number of anilines is 3. The van der Waals surface area contributed by atoms with Gasteiger partial charge in [-0.3, -0.25) is 9.69 Å². The van der Waals surface area contributed by atoms with Crippen LogP contribution in [-0.4, -0.2) is 43.8 Å². The Hall–Kier alpha value is -3.06. The van der Waals surface area contributed by atoms with Crippen LogP contribution in [-0.2, 0) is 9.53 Å². The van der Waals surface area contributed by atoms with Crippen LogP contribution in [0.4, 0.5) is 21.9 Å². The fourth-order valence-corrected chi connectivity index (χ4v) is 3.95. The number of rotatable bonds is 6. The number of hydrogen-bond donors (Lipinski definition) is 2. The van der Waals surface area contributed by atoms with E-state index < -0.39 is 6.09 Å². The lowest BCUT2D eigenvalue weighted by Crippen LogP contribution is -2.51. The summed E-state index contributed by atoms with van der Waals surface area (Å²) in [7, 11) is 0. The molecule has 0 bridgehead atoms. The van der Waals surface area contributed by atoms with Gasteiger partial charge in [0.2, 0.25) is 5.91 Å². The first-order valence-electron chi connectivity index (χ1n) is 10.7. The third kappa shape index (κ3) is 5.17. The monoisotopic (exact) mass is 424 g/mol. The first-order valence-corrected chi connectivity index (χ1v) is 10.7. The molecule has 0 spiro atoms. The quantitative estimate of drug-likeness (QED) is 0.733. The van der Waals surface area contributed by atoms with Crippen molar-refractivity contribution in [2.75, 3.05) is 34.8 Å². The molecular formula is C24H32N4O3. The normalized spacial score (nSPS) is 16.6. The molecule has 0 aromatic heterocycles. The first kappa shape index (κ1) is 22.6. The summed E-state index contributed by atoms with van der Waals surface area (Å²) in [5.74, 6) is -0.0156. The number of para-hydroxylation sites is 1. The summed E-state index contributed by atoms with van der Waals surface area (Å²) in [6.07, 6.45) is -0.637. The van der Waals surface area contributed by atoms with Crippen molar-refractivity contribution in [2.24, 2.45) is 5.73 Å². The highest BCUT2D eigenvalue weighted by Crippen LogP contribution is 2.38. The molecule has 1 aliphatic rings. The Morgan fingerprint density at radius 2 is 1.87 bits per heavy atom. The van der Waals surface area contributed by atoms with E-state index in [4.69, 9.17) is 10.5 Å². The minimum Gasteiger partial charge on any atom is -0.446 e. The van der Waals surface area contributed by atoms with Crippen LogP contribution in [0.5, 0.6) is 0 Å². The molecule has 0 fully saturated rings. The van der Waals surface area contributed by atoms with Gasteiger partial charge in [0.15, 0.2) is 0 Å². The number of carbonyl (C=O) groups is 2. The summed E-state index contributed by atoms with van der Waals surface area (Å²) in [6.45, 7) is 8.60. The molecule has 31 heavy (non-hydrogen) atoms. The highest BCUT2D eigenvalue weighted by atomic mass is 16.6.